The van der Waals surface area contributed by atoms with Crippen molar-refractivity contribution in [2.45, 2.75) is 18.9 Å². The predicted octanol–water partition coefficient (Wildman–Crippen LogP) is 3.31. The lowest BCUT2D eigenvalue weighted by molar-refractivity contribution is 0.0916. The molecule has 1 unspecified atom stereocenters. The summed E-state index contributed by atoms with van der Waals surface area (Å²) in [7, 11) is 0. The first-order valence-electron chi connectivity index (χ1n) is 9.20. The van der Waals surface area contributed by atoms with Gasteiger partial charge in [0, 0.05) is 31.0 Å². The summed E-state index contributed by atoms with van der Waals surface area (Å²) in [5, 5.41) is 5.56. The molecule has 1 atom stereocenters. The van der Waals surface area contributed by atoms with E-state index >= 15 is 0 Å². The maximum absolute atomic E-state index is 13.4. The van der Waals surface area contributed by atoms with Crippen molar-refractivity contribution in [3.63, 3.8) is 0 Å². The number of carbonyl (C=O) groups is 2. The number of halogens is 2. The fourth-order valence-corrected chi connectivity index (χ4v) is 3.43. The number of alkyl halides is 2. The number of benzene rings is 1. The van der Waals surface area contributed by atoms with Gasteiger partial charge in [0.05, 0.1) is 0 Å². The summed E-state index contributed by atoms with van der Waals surface area (Å²) < 4.78 is 28.1. The molecule has 1 aromatic carbocycles. The Balaban J connectivity index is 1.44. The molecule has 29 heavy (non-hydrogen) atoms. The summed E-state index contributed by atoms with van der Waals surface area (Å²) in [6.07, 6.45) is -0.807. The molecule has 0 spiro atoms. The third-order valence-corrected chi connectivity index (χ3v) is 4.81. The number of nitrogens with zero attached hydrogens (tertiary/aromatic N) is 3. The molecule has 1 fully saturated rings. The molecule has 0 saturated carbocycles. The van der Waals surface area contributed by atoms with Crippen LogP contribution >= 0.6 is 0 Å². The molecule has 150 valence electrons. The van der Waals surface area contributed by atoms with E-state index in [1.54, 1.807) is 35.2 Å². The molecule has 1 aliphatic rings. The summed E-state index contributed by atoms with van der Waals surface area (Å²) in [6, 6.07) is 13.3. The van der Waals surface area contributed by atoms with Crippen LogP contribution in [-0.2, 0) is 0 Å². The quantitative estimate of drug-likeness (QED) is 0.707. The zero-order valence-corrected chi connectivity index (χ0v) is 15.4. The van der Waals surface area contributed by atoms with Crippen molar-refractivity contribution in [3.05, 3.63) is 66.1 Å². The SMILES string of the molecule is O=C(NC1CCN(C(=O)Nc2ccccc2)C1)c1c(C(F)F)nc2ccccn12. The van der Waals surface area contributed by atoms with E-state index in [1.807, 2.05) is 18.2 Å². The highest BCUT2D eigenvalue weighted by atomic mass is 19.3. The van der Waals surface area contributed by atoms with E-state index in [0.29, 0.717) is 25.2 Å². The maximum atomic E-state index is 13.4. The first-order chi connectivity index (χ1) is 14.0. The van der Waals surface area contributed by atoms with Crippen LogP contribution in [0.4, 0.5) is 19.3 Å². The number of amides is 3. The molecular weight excluding hydrogens is 380 g/mol. The number of nitrogens with one attached hydrogen (secondary N) is 2. The second-order valence-corrected chi connectivity index (χ2v) is 6.78. The van der Waals surface area contributed by atoms with Crippen LogP contribution in [0.2, 0.25) is 0 Å². The molecule has 0 bridgehead atoms. The fraction of sp³-hybridized carbons (Fsp3) is 0.250. The molecule has 1 saturated heterocycles. The largest absolute Gasteiger partial charge is 0.346 e. The van der Waals surface area contributed by atoms with E-state index in [1.165, 1.54) is 10.6 Å². The van der Waals surface area contributed by atoms with Gasteiger partial charge in [0.1, 0.15) is 17.0 Å². The van der Waals surface area contributed by atoms with Gasteiger partial charge in [-0.3, -0.25) is 9.20 Å². The number of imidazole rings is 1. The molecule has 0 radical (unpaired) electrons. The van der Waals surface area contributed by atoms with Gasteiger partial charge in [-0.25, -0.2) is 18.6 Å². The number of anilines is 1. The van der Waals surface area contributed by atoms with Crippen LogP contribution in [0.1, 0.15) is 29.0 Å². The number of para-hydroxylation sites is 1. The highest BCUT2D eigenvalue weighted by molar-refractivity contribution is 5.95. The van der Waals surface area contributed by atoms with E-state index in [0.717, 1.165) is 0 Å². The first-order valence-corrected chi connectivity index (χ1v) is 9.20. The van der Waals surface area contributed by atoms with Crippen LogP contribution in [0, 0.1) is 0 Å². The van der Waals surface area contributed by atoms with E-state index in [2.05, 4.69) is 15.6 Å². The van der Waals surface area contributed by atoms with Gasteiger partial charge in [0.15, 0.2) is 0 Å². The maximum Gasteiger partial charge on any atom is 0.321 e. The standard InChI is InChI=1S/C20H19F2N5O2/c21-18(22)16-17(27-10-5-4-8-15(27)25-16)19(28)23-14-9-11-26(12-14)20(29)24-13-6-2-1-3-7-13/h1-8,10,14,18H,9,11-12H2,(H,23,28)(H,24,29). The van der Waals surface area contributed by atoms with E-state index in [9.17, 15) is 18.4 Å². The molecular formula is C20H19F2N5O2. The number of urea groups is 1. The third kappa shape index (κ3) is 3.89. The second kappa shape index (κ2) is 7.86. The van der Waals surface area contributed by atoms with Gasteiger partial charge in [0.2, 0.25) is 0 Å². The van der Waals surface area contributed by atoms with Crippen molar-refractivity contribution in [1.29, 1.82) is 0 Å². The number of carbonyl (C=O) groups excluding carboxylic acids is 2. The van der Waals surface area contributed by atoms with Gasteiger partial charge < -0.3 is 15.5 Å². The average Bonchev–Trinajstić information content (AvgIpc) is 3.33. The molecule has 3 heterocycles. The number of fused-ring (bicyclic) bond motifs is 1. The molecule has 4 rings (SSSR count). The van der Waals surface area contributed by atoms with Gasteiger partial charge in [-0.15, -0.1) is 0 Å². The van der Waals surface area contributed by atoms with Gasteiger partial charge in [-0.1, -0.05) is 24.3 Å². The lowest BCUT2D eigenvalue weighted by atomic mass is 10.2. The van der Waals surface area contributed by atoms with Gasteiger partial charge in [0.25, 0.3) is 12.3 Å². The minimum absolute atomic E-state index is 0.178. The van der Waals surface area contributed by atoms with Crippen molar-refractivity contribution < 1.29 is 18.4 Å². The molecule has 2 aromatic heterocycles. The highest BCUT2D eigenvalue weighted by Gasteiger charge is 2.31. The lowest BCUT2D eigenvalue weighted by Crippen LogP contribution is -2.40. The Kier molecular flexibility index (Phi) is 5.11. The number of rotatable bonds is 4. The van der Waals surface area contributed by atoms with Gasteiger partial charge >= 0.3 is 6.03 Å². The predicted molar refractivity (Wildman–Crippen MR) is 103 cm³/mol. The number of hydrogen-bond donors (Lipinski definition) is 2. The normalized spacial score (nSPS) is 16.4. The van der Waals surface area contributed by atoms with Crippen LogP contribution in [0.15, 0.2) is 54.7 Å². The van der Waals surface area contributed by atoms with Crippen LogP contribution < -0.4 is 10.6 Å². The van der Waals surface area contributed by atoms with Crippen molar-refractivity contribution in [2.24, 2.45) is 0 Å². The minimum Gasteiger partial charge on any atom is -0.346 e. The van der Waals surface area contributed by atoms with Gasteiger partial charge in [-0.05, 0) is 30.7 Å². The Morgan fingerprint density at radius 2 is 1.86 bits per heavy atom. The Labute approximate surface area is 165 Å². The smallest absolute Gasteiger partial charge is 0.321 e. The van der Waals surface area contributed by atoms with Crippen LogP contribution in [0.25, 0.3) is 5.65 Å². The number of hydrogen-bond acceptors (Lipinski definition) is 3. The molecule has 2 N–H and O–H groups in total. The molecule has 0 aliphatic carbocycles. The second-order valence-electron chi connectivity index (χ2n) is 6.78. The third-order valence-electron chi connectivity index (χ3n) is 4.81. The Bertz CT molecular complexity index is 1040. The van der Waals surface area contributed by atoms with Crippen molar-refractivity contribution >= 4 is 23.3 Å². The van der Waals surface area contributed by atoms with Gasteiger partial charge in [-0.2, -0.15) is 0 Å². The number of pyridine rings is 1. The van der Waals surface area contributed by atoms with Crippen molar-refractivity contribution in [2.75, 3.05) is 18.4 Å². The Morgan fingerprint density at radius 3 is 2.62 bits per heavy atom. The fourth-order valence-electron chi connectivity index (χ4n) is 3.43. The molecule has 3 aromatic rings. The molecule has 1 aliphatic heterocycles. The Morgan fingerprint density at radius 1 is 1.10 bits per heavy atom. The number of aromatic nitrogens is 2. The molecule has 7 nitrogen and oxygen atoms in total. The van der Waals surface area contributed by atoms with Crippen LogP contribution in [0.3, 0.4) is 0 Å². The summed E-state index contributed by atoms with van der Waals surface area (Å²) in [6.45, 7) is 0.754. The minimum atomic E-state index is -2.87. The zero-order chi connectivity index (χ0) is 20.4. The monoisotopic (exact) mass is 399 g/mol. The van der Waals surface area contributed by atoms with Crippen LogP contribution in [-0.4, -0.2) is 45.4 Å². The summed E-state index contributed by atoms with van der Waals surface area (Å²) in [5.74, 6) is -0.630. The highest BCUT2D eigenvalue weighted by Crippen LogP contribution is 2.24. The summed E-state index contributed by atoms with van der Waals surface area (Å²) >= 11 is 0. The molecule has 3 amide bonds. The van der Waals surface area contributed by atoms with E-state index in [4.69, 9.17) is 0 Å². The van der Waals surface area contributed by atoms with E-state index < -0.39 is 18.0 Å². The Hall–Kier alpha value is -3.49. The van der Waals surface area contributed by atoms with Crippen LogP contribution in [0.5, 0.6) is 0 Å². The number of likely N-dealkylation sites (tertiary alicyclic amines) is 1. The average molecular weight is 399 g/mol. The summed E-state index contributed by atoms with van der Waals surface area (Å²) in [4.78, 5) is 30.6. The van der Waals surface area contributed by atoms with E-state index in [-0.39, 0.29) is 23.4 Å². The van der Waals surface area contributed by atoms with Crippen molar-refractivity contribution in [3.8, 4) is 0 Å². The summed E-state index contributed by atoms with van der Waals surface area (Å²) in [5.41, 5.74) is 0.230. The lowest BCUT2D eigenvalue weighted by Gasteiger charge is -2.18. The zero-order valence-electron chi connectivity index (χ0n) is 15.4. The molecule has 9 heteroatoms. The van der Waals surface area contributed by atoms with Crippen molar-refractivity contribution in [1.82, 2.24) is 19.6 Å². The topological polar surface area (TPSA) is 78.7 Å². The first kappa shape index (κ1) is 18.9.